The van der Waals surface area contributed by atoms with Gasteiger partial charge in [-0.25, -0.2) is 9.78 Å². The van der Waals surface area contributed by atoms with Crippen molar-refractivity contribution in [2.45, 2.75) is 30.3 Å². The van der Waals surface area contributed by atoms with Crippen molar-refractivity contribution in [1.29, 1.82) is 0 Å². The lowest BCUT2D eigenvalue weighted by atomic mass is 10.1. The van der Waals surface area contributed by atoms with Crippen molar-refractivity contribution in [1.82, 2.24) is 9.88 Å². The van der Waals surface area contributed by atoms with Gasteiger partial charge < -0.3 is 14.4 Å². The number of rotatable bonds is 13. The Morgan fingerprint density at radius 1 is 0.976 bits per heavy atom. The lowest BCUT2D eigenvalue weighted by Gasteiger charge is -2.19. The Morgan fingerprint density at radius 3 is 2.59 bits per heavy atom. The molecule has 41 heavy (non-hydrogen) atoms. The molecule has 1 aromatic heterocycles. The largest absolute Gasteiger partial charge is 0.487 e. The summed E-state index contributed by atoms with van der Waals surface area (Å²) in [6, 6.07) is 25.2. The third-order valence-electron chi connectivity index (χ3n) is 6.22. The molecule has 0 spiro atoms. The Kier molecular flexibility index (Phi) is 11.4. The number of benzene rings is 3. The molecule has 4 aromatic rings. The summed E-state index contributed by atoms with van der Waals surface area (Å²) in [5.74, 6) is 1.80. The van der Waals surface area contributed by atoms with Gasteiger partial charge in [-0.1, -0.05) is 54.1 Å². The number of ether oxygens (including phenoxy) is 2. The van der Waals surface area contributed by atoms with E-state index >= 15 is 0 Å². The summed E-state index contributed by atoms with van der Waals surface area (Å²) < 4.78 is 11.4. The molecule has 0 aliphatic rings. The second-order valence-corrected chi connectivity index (χ2v) is 12.5. The minimum Gasteiger partial charge on any atom is -0.487 e. The van der Waals surface area contributed by atoms with Crippen LogP contribution in [0.1, 0.15) is 45.1 Å². The van der Waals surface area contributed by atoms with Crippen LogP contribution in [-0.2, 0) is 21.9 Å². The highest BCUT2D eigenvalue weighted by atomic mass is 35.5. The third-order valence-corrected chi connectivity index (χ3v) is 9.33. The second-order valence-electron chi connectivity index (χ2n) is 9.43. The topological polar surface area (TPSA) is 68.7 Å². The smallest absolute Gasteiger partial charge is 0.338 e. The Labute approximate surface area is 254 Å². The van der Waals surface area contributed by atoms with Gasteiger partial charge in [0.1, 0.15) is 12.4 Å². The quantitative estimate of drug-likeness (QED) is 0.113. The van der Waals surface area contributed by atoms with E-state index in [0.717, 1.165) is 33.5 Å². The number of nitrogens with zero attached hydrogens (tertiary/aromatic N) is 2. The molecule has 6 nitrogen and oxygen atoms in total. The second kappa shape index (κ2) is 15.1. The predicted octanol–water partition coefficient (Wildman–Crippen LogP) is 7.79. The first-order chi connectivity index (χ1) is 19.8. The van der Waals surface area contributed by atoms with Gasteiger partial charge in [-0.3, -0.25) is 4.79 Å². The average Bonchev–Trinajstić information content (AvgIpc) is 2.97. The van der Waals surface area contributed by atoms with Crippen molar-refractivity contribution < 1.29 is 19.1 Å². The van der Waals surface area contributed by atoms with Crippen LogP contribution in [0.3, 0.4) is 0 Å². The van der Waals surface area contributed by atoms with Crippen LogP contribution in [0.15, 0.2) is 78.9 Å². The molecule has 3 aromatic carbocycles. The van der Waals surface area contributed by atoms with Gasteiger partial charge in [-0.2, -0.15) is 0 Å². The van der Waals surface area contributed by atoms with E-state index in [1.165, 1.54) is 0 Å². The van der Waals surface area contributed by atoms with Gasteiger partial charge >= 0.3 is 5.97 Å². The van der Waals surface area contributed by atoms with Crippen LogP contribution in [0, 0.1) is 0 Å². The number of halogens is 1. The highest BCUT2D eigenvalue weighted by Gasteiger charge is 2.18. The van der Waals surface area contributed by atoms with E-state index in [9.17, 15) is 9.59 Å². The van der Waals surface area contributed by atoms with Crippen molar-refractivity contribution in [3.63, 3.8) is 0 Å². The van der Waals surface area contributed by atoms with Crippen molar-refractivity contribution in [2.75, 3.05) is 26.5 Å². The van der Waals surface area contributed by atoms with E-state index in [1.807, 2.05) is 66.7 Å². The summed E-state index contributed by atoms with van der Waals surface area (Å²) in [6.45, 7) is 2.45. The minimum atomic E-state index is -0.315. The molecule has 0 aliphatic carbocycles. The molecule has 0 radical (unpaired) electrons. The van der Waals surface area contributed by atoms with E-state index in [-0.39, 0.29) is 16.5 Å². The molecule has 0 bridgehead atoms. The molecule has 0 fully saturated rings. The maximum Gasteiger partial charge on any atom is 0.338 e. The number of carbonyl (C=O) groups excluding carboxylic acids is 2. The van der Waals surface area contributed by atoms with Crippen molar-refractivity contribution in [3.05, 3.63) is 106 Å². The van der Waals surface area contributed by atoms with Crippen molar-refractivity contribution in [3.8, 4) is 5.75 Å². The zero-order valence-corrected chi connectivity index (χ0v) is 25.7. The summed E-state index contributed by atoms with van der Waals surface area (Å²) >= 11 is 9.57. The number of amides is 1. The van der Waals surface area contributed by atoms with E-state index in [1.54, 1.807) is 55.5 Å². The molecule has 4 rings (SSSR count). The minimum absolute atomic E-state index is 0.0182. The SMILES string of the molecule is CCOC(=O)c1ccccc1CSC(SCCC(=O)N(C)C)c1cccc(OCc2ccc3ccc(Cl)cc3n2)c1. The molecule has 9 heteroatoms. The van der Waals surface area contributed by atoms with Crippen LogP contribution in [0.4, 0.5) is 0 Å². The molecule has 1 atom stereocenters. The Balaban J connectivity index is 1.49. The molecule has 1 unspecified atom stereocenters. The highest BCUT2D eigenvalue weighted by molar-refractivity contribution is 8.16. The van der Waals surface area contributed by atoms with E-state index < -0.39 is 0 Å². The number of fused-ring (bicyclic) bond motifs is 1. The average molecular weight is 609 g/mol. The first kappa shape index (κ1) is 30.8. The monoisotopic (exact) mass is 608 g/mol. The number of esters is 1. The van der Waals surface area contributed by atoms with Gasteiger partial charge in [-0.05, 0) is 54.4 Å². The maximum absolute atomic E-state index is 12.5. The van der Waals surface area contributed by atoms with Crippen LogP contribution in [0.2, 0.25) is 5.02 Å². The first-order valence-corrected chi connectivity index (χ1v) is 15.8. The molecular weight excluding hydrogens is 576 g/mol. The van der Waals surface area contributed by atoms with Gasteiger partial charge in [0.25, 0.3) is 0 Å². The van der Waals surface area contributed by atoms with Gasteiger partial charge in [0.05, 0.1) is 28.0 Å². The molecule has 1 amide bonds. The molecule has 214 valence electrons. The summed E-state index contributed by atoms with van der Waals surface area (Å²) in [7, 11) is 3.54. The molecule has 0 saturated carbocycles. The number of carbonyl (C=O) groups is 2. The Hall–Kier alpha value is -3.20. The summed E-state index contributed by atoms with van der Waals surface area (Å²) in [5.41, 5.74) is 4.20. The third kappa shape index (κ3) is 8.89. The van der Waals surface area contributed by atoms with Crippen molar-refractivity contribution in [2.24, 2.45) is 0 Å². The fourth-order valence-corrected chi connectivity index (χ4v) is 6.87. The van der Waals surface area contributed by atoms with Crippen LogP contribution in [0.25, 0.3) is 10.9 Å². The molecular formula is C32H33ClN2O4S2. The van der Waals surface area contributed by atoms with Gasteiger partial charge in [-0.15, -0.1) is 23.5 Å². The van der Waals surface area contributed by atoms with Gasteiger partial charge in [0.2, 0.25) is 5.91 Å². The lowest BCUT2D eigenvalue weighted by Crippen LogP contribution is -2.21. The molecule has 1 heterocycles. The maximum atomic E-state index is 12.5. The number of hydrogen-bond acceptors (Lipinski definition) is 7. The Bertz CT molecular complexity index is 1500. The summed E-state index contributed by atoms with van der Waals surface area (Å²) in [4.78, 5) is 31.0. The fourth-order valence-electron chi connectivity index (χ4n) is 4.06. The van der Waals surface area contributed by atoms with E-state index in [4.69, 9.17) is 21.1 Å². The zero-order chi connectivity index (χ0) is 29.2. The van der Waals surface area contributed by atoms with Crippen molar-refractivity contribution >= 4 is 57.9 Å². The molecule has 0 N–H and O–H groups in total. The van der Waals surface area contributed by atoms with Crippen LogP contribution >= 0.6 is 35.1 Å². The molecule has 0 saturated heterocycles. The lowest BCUT2D eigenvalue weighted by molar-refractivity contribution is -0.128. The Morgan fingerprint density at radius 2 is 1.78 bits per heavy atom. The van der Waals surface area contributed by atoms with E-state index in [0.29, 0.717) is 41.7 Å². The van der Waals surface area contributed by atoms with Crippen LogP contribution in [-0.4, -0.2) is 48.2 Å². The zero-order valence-electron chi connectivity index (χ0n) is 23.3. The summed E-state index contributed by atoms with van der Waals surface area (Å²) in [5, 5.41) is 1.67. The summed E-state index contributed by atoms with van der Waals surface area (Å²) in [6.07, 6.45) is 0.446. The van der Waals surface area contributed by atoms with Gasteiger partial charge in [0, 0.05) is 42.4 Å². The highest BCUT2D eigenvalue weighted by Crippen LogP contribution is 2.43. The molecule has 0 aliphatic heterocycles. The number of hydrogen-bond donors (Lipinski definition) is 0. The number of pyridine rings is 1. The standard InChI is InChI=1S/C32H33ClN2O4S2/c1-4-38-31(37)28-11-6-5-8-24(28)21-41-32(40-17-16-30(36)35(2)3)23-9-7-10-27(18-23)39-20-26-15-13-22-12-14-25(33)19-29(22)34-26/h5-15,18-19,32H,4,16-17,20-21H2,1-3H3. The van der Waals surface area contributed by atoms with Crippen LogP contribution in [0.5, 0.6) is 5.75 Å². The normalized spacial score (nSPS) is 11.7. The van der Waals surface area contributed by atoms with E-state index in [2.05, 4.69) is 11.1 Å². The fraction of sp³-hybridized carbons (Fsp3) is 0.281. The first-order valence-electron chi connectivity index (χ1n) is 13.3. The number of aromatic nitrogens is 1. The van der Waals surface area contributed by atoms with Crippen LogP contribution < -0.4 is 4.74 Å². The van der Waals surface area contributed by atoms with Gasteiger partial charge in [0.15, 0.2) is 0 Å². The number of thioether (sulfide) groups is 2. The predicted molar refractivity (Wildman–Crippen MR) is 170 cm³/mol.